The minimum atomic E-state index is -0.351. The Balaban J connectivity index is 1.64. The Morgan fingerprint density at radius 1 is 1.26 bits per heavy atom. The third-order valence-electron chi connectivity index (χ3n) is 6.57. The van der Waals surface area contributed by atoms with E-state index >= 15 is 0 Å². The molecule has 0 radical (unpaired) electrons. The van der Waals surface area contributed by atoms with Gasteiger partial charge in [-0.25, -0.2) is 4.98 Å². The standard InChI is InChI=1S/C27H33N3O4/c1-18-15-30(19(2)17-31)27(33)23-13-21(10-9-20-7-5-4-6-8-20)14-28-25(23)34-24(18)16-29(3)26(32)22-11-12-22/h4-10,13-14,18-19,22,24,31H,11-12,15-17H2,1-3H3/b10-9+/t18-,19-,24+/m1/s1. The molecule has 7 nitrogen and oxygen atoms in total. The lowest BCUT2D eigenvalue weighted by Crippen LogP contribution is -2.50. The summed E-state index contributed by atoms with van der Waals surface area (Å²) in [4.78, 5) is 34.0. The van der Waals surface area contributed by atoms with Gasteiger partial charge in [-0.1, -0.05) is 49.4 Å². The highest BCUT2D eigenvalue weighted by atomic mass is 16.5. The highest BCUT2D eigenvalue weighted by Crippen LogP contribution is 2.32. The summed E-state index contributed by atoms with van der Waals surface area (Å²) >= 11 is 0. The highest BCUT2D eigenvalue weighted by molar-refractivity contribution is 5.97. The molecule has 1 aliphatic heterocycles. The molecule has 4 rings (SSSR count). The molecule has 2 aliphatic rings. The van der Waals surface area contributed by atoms with Gasteiger partial charge in [-0.3, -0.25) is 9.59 Å². The number of aromatic nitrogens is 1. The zero-order valence-corrected chi connectivity index (χ0v) is 20.1. The first-order valence-corrected chi connectivity index (χ1v) is 11.9. The molecular weight excluding hydrogens is 430 g/mol. The molecule has 0 unspecified atom stereocenters. The Hall–Kier alpha value is -3.19. The van der Waals surface area contributed by atoms with Crippen molar-refractivity contribution in [3.8, 4) is 5.88 Å². The van der Waals surface area contributed by atoms with Crippen LogP contribution in [0.4, 0.5) is 0 Å². The zero-order chi connectivity index (χ0) is 24.2. The van der Waals surface area contributed by atoms with E-state index in [2.05, 4.69) is 4.98 Å². The van der Waals surface area contributed by atoms with E-state index < -0.39 is 0 Å². The van der Waals surface area contributed by atoms with Crippen LogP contribution in [0.2, 0.25) is 0 Å². The molecule has 0 spiro atoms. The van der Waals surface area contributed by atoms with Crippen molar-refractivity contribution >= 4 is 24.0 Å². The number of carbonyl (C=O) groups excluding carboxylic acids is 2. The highest BCUT2D eigenvalue weighted by Gasteiger charge is 2.37. The molecule has 34 heavy (non-hydrogen) atoms. The molecule has 0 bridgehead atoms. The molecule has 1 aromatic carbocycles. The fourth-order valence-corrected chi connectivity index (χ4v) is 4.19. The molecule has 1 aromatic heterocycles. The average molecular weight is 464 g/mol. The number of rotatable bonds is 7. The van der Waals surface area contributed by atoms with E-state index in [0.717, 1.165) is 24.0 Å². The van der Waals surface area contributed by atoms with Crippen LogP contribution < -0.4 is 4.74 Å². The van der Waals surface area contributed by atoms with Gasteiger partial charge in [0, 0.05) is 31.6 Å². The fraction of sp³-hybridized carbons (Fsp3) is 0.444. The van der Waals surface area contributed by atoms with Gasteiger partial charge in [0.05, 0.1) is 19.2 Å². The minimum absolute atomic E-state index is 0.0555. The Morgan fingerprint density at radius 3 is 2.65 bits per heavy atom. The van der Waals surface area contributed by atoms with E-state index in [1.54, 1.807) is 29.1 Å². The van der Waals surface area contributed by atoms with Gasteiger partial charge in [-0.15, -0.1) is 0 Å². The van der Waals surface area contributed by atoms with Crippen molar-refractivity contribution in [1.29, 1.82) is 0 Å². The summed E-state index contributed by atoms with van der Waals surface area (Å²) in [6.45, 7) is 4.53. The lowest BCUT2D eigenvalue weighted by Gasteiger charge is -2.37. The van der Waals surface area contributed by atoms with Crippen LogP contribution in [0.15, 0.2) is 42.6 Å². The van der Waals surface area contributed by atoms with Crippen molar-refractivity contribution in [3.63, 3.8) is 0 Å². The van der Waals surface area contributed by atoms with Crippen molar-refractivity contribution in [2.45, 2.75) is 38.8 Å². The molecule has 0 saturated heterocycles. The summed E-state index contributed by atoms with van der Waals surface area (Å²) in [6.07, 6.45) is 7.14. The number of ether oxygens (including phenoxy) is 1. The molecule has 2 heterocycles. The van der Waals surface area contributed by atoms with Crippen LogP contribution in [0.5, 0.6) is 5.88 Å². The Bertz CT molecular complexity index is 1050. The first-order valence-electron chi connectivity index (χ1n) is 11.9. The van der Waals surface area contributed by atoms with Gasteiger partial charge in [0.25, 0.3) is 5.91 Å². The van der Waals surface area contributed by atoms with E-state index in [4.69, 9.17) is 4.74 Å². The van der Waals surface area contributed by atoms with Crippen LogP contribution in [0.25, 0.3) is 12.2 Å². The van der Waals surface area contributed by atoms with Crippen LogP contribution >= 0.6 is 0 Å². The molecule has 2 aromatic rings. The van der Waals surface area contributed by atoms with Gasteiger partial charge >= 0.3 is 0 Å². The van der Waals surface area contributed by atoms with E-state index in [1.165, 1.54) is 0 Å². The second-order valence-electron chi connectivity index (χ2n) is 9.48. The lowest BCUT2D eigenvalue weighted by molar-refractivity contribution is -0.132. The van der Waals surface area contributed by atoms with Crippen molar-refractivity contribution in [3.05, 3.63) is 59.3 Å². The monoisotopic (exact) mass is 463 g/mol. The summed E-state index contributed by atoms with van der Waals surface area (Å²) < 4.78 is 6.28. The Labute approximate surface area is 201 Å². The minimum Gasteiger partial charge on any atom is -0.472 e. The van der Waals surface area contributed by atoms with E-state index in [9.17, 15) is 14.7 Å². The normalized spacial score (nSPS) is 21.4. The largest absolute Gasteiger partial charge is 0.472 e. The van der Waals surface area contributed by atoms with E-state index in [1.807, 2.05) is 56.3 Å². The number of aliphatic hydroxyl groups is 1. The number of fused-ring (bicyclic) bond motifs is 1. The van der Waals surface area contributed by atoms with Crippen molar-refractivity contribution in [2.75, 3.05) is 26.7 Å². The van der Waals surface area contributed by atoms with Gasteiger partial charge in [0.2, 0.25) is 11.8 Å². The van der Waals surface area contributed by atoms with Crippen molar-refractivity contribution in [2.24, 2.45) is 11.8 Å². The van der Waals surface area contributed by atoms with Crippen LogP contribution in [-0.2, 0) is 4.79 Å². The summed E-state index contributed by atoms with van der Waals surface area (Å²) in [5, 5.41) is 9.81. The first kappa shape index (κ1) is 24.0. The summed E-state index contributed by atoms with van der Waals surface area (Å²) in [5.74, 6) is 0.266. The molecule has 1 fully saturated rings. The van der Waals surface area contributed by atoms with Crippen LogP contribution in [0, 0.1) is 11.8 Å². The summed E-state index contributed by atoms with van der Waals surface area (Å²) in [6, 6.07) is 11.3. The Kier molecular flexibility index (Phi) is 7.32. The zero-order valence-electron chi connectivity index (χ0n) is 20.1. The fourth-order valence-electron chi connectivity index (χ4n) is 4.19. The van der Waals surface area contributed by atoms with Gasteiger partial charge in [0.1, 0.15) is 11.7 Å². The van der Waals surface area contributed by atoms with Crippen molar-refractivity contribution in [1.82, 2.24) is 14.8 Å². The molecule has 7 heteroatoms. The third kappa shape index (κ3) is 5.47. The predicted octanol–water partition coefficient (Wildman–Crippen LogP) is 3.34. The molecule has 180 valence electrons. The topological polar surface area (TPSA) is 83.0 Å². The smallest absolute Gasteiger partial charge is 0.259 e. The second kappa shape index (κ2) is 10.4. The van der Waals surface area contributed by atoms with Gasteiger partial charge < -0.3 is 19.6 Å². The predicted molar refractivity (Wildman–Crippen MR) is 131 cm³/mol. The molecule has 1 aliphatic carbocycles. The maximum Gasteiger partial charge on any atom is 0.259 e. The second-order valence-corrected chi connectivity index (χ2v) is 9.48. The number of benzene rings is 1. The number of pyridine rings is 1. The maximum atomic E-state index is 13.5. The van der Waals surface area contributed by atoms with E-state index in [0.29, 0.717) is 18.7 Å². The molecule has 1 saturated carbocycles. The van der Waals surface area contributed by atoms with Crippen molar-refractivity contribution < 1.29 is 19.4 Å². The first-order chi connectivity index (χ1) is 16.4. The number of aliphatic hydroxyl groups excluding tert-OH is 1. The quantitative estimate of drug-likeness (QED) is 0.681. The number of hydrogen-bond acceptors (Lipinski definition) is 5. The molecule has 2 amide bonds. The molecule has 1 N–H and O–H groups in total. The van der Waals surface area contributed by atoms with Gasteiger partial charge in [-0.05, 0) is 37.0 Å². The SMILES string of the molecule is C[C@@H]1CN([C@H](C)CO)C(=O)c2cc(/C=C/c3ccccc3)cnc2O[C@H]1CN(C)C(=O)C1CC1. The third-order valence-corrected chi connectivity index (χ3v) is 6.57. The van der Waals surface area contributed by atoms with Crippen LogP contribution in [0.1, 0.15) is 48.2 Å². The maximum absolute atomic E-state index is 13.5. The summed E-state index contributed by atoms with van der Waals surface area (Å²) in [5.41, 5.74) is 2.19. The molecule has 3 atom stereocenters. The van der Waals surface area contributed by atoms with Crippen LogP contribution in [-0.4, -0.2) is 70.6 Å². The number of carbonyl (C=O) groups is 2. The lowest BCUT2D eigenvalue weighted by atomic mass is 9.99. The summed E-state index contributed by atoms with van der Waals surface area (Å²) in [7, 11) is 1.81. The molecular formula is C27H33N3O4. The van der Waals surface area contributed by atoms with Crippen LogP contribution in [0.3, 0.4) is 0 Å². The van der Waals surface area contributed by atoms with E-state index in [-0.39, 0.29) is 48.3 Å². The Morgan fingerprint density at radius 2 is 1.97 bits per heavy atom. The number of likely N-dealkylation sites (N-methyl/N-ethyl adjacent to an activating group) is 1. The van der Waals surface area contributed by atoms with Gasteiger partial charge in [0.15, 0.2) is 0 Å². The number of amides is 2. The number of hydrogen-bond donors (Lipinski definition) is 1. The number of nitrogens with zero attached hydrogens (tertiary/aromatic N) is 3. The van der Waals surface area contributed by atoms with Gasteiger partial charge in [-0.2, -0.15) is 0 Å². The average Bonchev–Trinajstić information content (AvgIpc) is 3.70.